The first-order valence-corrected chi connectivity index (χ1v) is 5.97. The maximum atomic E-state index is 11.7. The summed E-state index contributed by atoms with van der Waals surface area (Å²) in [7, 11) is 0. The minimum absolute atomic E-state index is 0.466. The van der Waals surface area contributed by atoms with Gasteiger partial charge < -0.3 is 0 Å². The third-order valence-electron chi connectivity index (χ3n) is 3.92. The number of ketones is 1. The highest BCUT2D eigenvalue weighted by Crippen LogP contribution is 2.57. The average molecular weight is 276 g/mol. The topological polar surface area (TPSA) is 17.1 Å². The zero-order chi connectivity index (χ0) is 8.34. The Hall–Kier alpha value is 0.400. The summed E-state index contributed by atoms with van der Waals surface area (Å²) in [4.78, 5) is 11.7. The molecule has 4 rings (SSSR count). The van der Waals surface area contributed by atoms with Crippen LogP contribution in [0.1, 0.15) is 32.1 Å². The SMILES string of the molecule is O=C1[C@@H]2CC3C[C@H]1CC(I)(C3)C2. The Bertz CT molecular complexity index is 230. The van der Waals surface area contributed by atoms with Crippen LogP contribution in [0.2, 0.25) is 0 Å². The predicted molar refractivity (Wildman–Crippen MR) is 55.3 cm³/mol. The number of hydrogen-bond donors (Lipinski definition) is 0. The summed E-state index contributed by atoms with van der Waals surface area (Å²) < 4.78 is 0.530. The number of hydrogen-bond acceptors (Lipinski definition) is 1. The second-order valence-corrected chi connectivity index (χ2v) is 7.19. The molecule has 0 radical (unpaired) electrons. The van der Waals surface area contributed by atoms with Crippen LogP contribution in [0.3, 0.4) is 0 Å². The van der Waals surface area contributed by atoms with E-state index in [1.54, 1.807) is 0 Å². The molecule has 0 aromatic rings. The Morgan fingerprint density at radius 1 is 1.17 bits per heavy atom. The molecular formula is C10H13IO. The fourth-order valence-corrected chi connectivity index (χ4v) is 5.34. The fraction of sp³-hybridized carbons (Fsp3) is 0.900. The van der Waals surface area contributed by atoms with E-state index in [1.165, 1.54) is 32.1 Å². The minimum Gasteiger partial charge on any atom is -0.299 e. The summed E-state index contributed by atoms with van der Waals surface area (Å²) >= 11 is 2.62. The predicted octanol–water partition coefficient (Wildman–Crippen LogP) is 2.57. The van der Waals surface area contributed by atoms with Crippen LogP contribution >= 0.6 is 22.6 Å². The van der Waals surface area contributed by atoms with Gasteiger partial charge in [-0.2, -0.15) is 0 Å². The van der Waals surface area contributed by atoms with E-state index in [2.05, 4.69) is 22.6 Å². The third kappa shape index (κ3) is 0.932. The Kier molecular flexibility index (Phi) is 1.46. The molecule has 2 unspecified atom stereocenters. The summed E-state index contributed by atoms with van der Waals surface area (Å²) in [6, 6.07) is 0. The van der Waals surface area contributed by atoms with Gasteiger partial charge in [-0.05, 0) is 38.0 Å². The van der Waals surface area contributed by atoms with Gasteiger partial charge >= 0.3 is 0 Å². The van der Waals surface area contributed by atoms with Gasteiger partial charge in [0.15, 0.2) is 0 Å². The van der Waals surface area contributed by atoms with Crippen LogP contribution in [0, 0.1) is 17.8 Å². The van der Waals surface area contributed by atoms with E-state index in [9.17, 15) is 4.79 Å². The van der Waals surface area contributed by atoms with E-state index >= 15 is 0 Å². The van der Waals surface area contributed by atoms with Gasteiger partial charge in [0.25, 0.3) is 0 Å². The zero-order valence-electron chi connectivity index (χ0n) is 7.05. The summed E-state index contributed by atoms with van der Waals surface area (Å²) in [5, 5.41) is 0. The molecule has 0 amide bonds. The molecule has 0 aliphatic heterocycles. The van der Waals surface area contributed by atoms with Crippen molar-refractivity contribution in [1.82, 2.24) is 0 Å². The standard InChI is InChI=1S/C10H13IO/c11-10-3-6-1-7(4-10)9(12)8(2-6)5-10/h6-8H,1-5H2/t6?,7-,8+,10?. The Morgan fingerprint density at radius 3 is 2.25 bits per heavy atom. The molecule has 4 fully saturated rings. The second-order valence-electron chi connectivity index (χ2n) is 4.90. The van der Waals surface area contributed by atoms with Gasteiger partial charge in [0, 0.05) is 15.3 Å². The molecule has 12 heavy (non-hydrogen) atoms. The second kappa shape index (κ2) is 2.25. The average Bonchev–Trinajstić information content (AvgIpc) is 1.96. The van der Waals surface area contributed by atoms with Crippen molar-refractivity contribution < 1.29 is 4.79 Å². The number of carbonyl (C=O) groups is 1. The normalized spacial score (nSPS) is 56.4. The van der Waals surface area contributed by atoms with E-state index in [-0.39, 0.29) is 0 Å². The number of rotatable bonds is 0. The summed E-state index contributed by atoms with van der Waals surface area (Å²) in [5.74, 6) is 2.44. The molecule has 0 spiro atoms. The molecule has 0 aromatic carbocycles. The highest BCUT2D eigenvalue weighted by atomic mass is 127. The zero-order valence-corrected chi connectivity index (χ0v) is 9.21. The van der Waals surface area contributed by atoms with Gasteiger partial charge in [-0.3, -0.25) is 4.79 Å². The van der Waals surface area contributed by atoms with Crippen molar-refractivity contribution >= 4 is 28.4 Å². The maximum absolute atomic E-state index is 11.7. The fourth-order valence-electron chi connectivity index (χ4n) is 3.65. The third-order valence-corrected chi connectivity index (χ3v) is 5.24. The van der Waals surface area contributed by atoms with Gasteiger partial charge in [0.2, 0.25) is 0 Å². The molecule has 1 nitrogen and oxygen atoms in total. The van der Waals surface area contributed by atoms with E-state index in [1.807, 2.05) is 0 Å². The number of halogens is 1. The lowest BCUT2D eigenvalue weighted by Crippen LogP contribution is -2.52. The van der Waals surface area contributed by atoms with E-state index in [0.717, 1.165) is 5.92 Å². The van der Waals surface area contributed by atoms with Crippen molar-refractivity contribution in [2.24, 2.45) is 17.8 Å². The van der Waals surface area contributed by atoms with Gasteiger partial charge in [-0.15, -0.1) is 0 Å². The van der Waals surface area contributed by atoms with Crippen LogP contribution in [-0.4, -0.2) is 9.20 Å². The van der Waals surface area contributed by atoms with Crippen molar-refractivity contribution in [1.29, 1.82) is 0 Å². The number of alkyl halides is 1. The lowest BCUT2D eigenvalue weighted by Gasteiger charge is -2.53. The molecule has 4 bridgehead atoms. The van der Waals surface area contributed by atoms with Crippen molar-refractivity contribution in [2.75, 3.05) is 0 Å². The monoisotopic (exact) mass is 276 g/mol. The summed E-state index contributed by atoms with van der Waals surface area (Å²) in [6.07, 6.45) is 6.23. The van der Waals surface area contributed by atoms with E-state index in [4.69, 9.17) is 0 Å². The Morgan fingerprint density at radius 2 is 1.75 bits per heavy atom. The van der Waals surface area contributed by atoms with Gasteiger partial charge in [-0.1, -0.05) is 22.6 Å². The number of carbonyl (C=O) groups excluding carboxylic acids is 1. The molecule has 4 saturated carbocycles. The molecule has 2 heteroatoms. The van der Waals surface area contributed by atoms with Gasteiger partial charge in [-0.25, -0.2) is 0 Å². The first kappa shape index (κ1) is 7.77. The number of Topliss-reactive ketones (excluding diaryl/α,β-unsaturated/α-hetero) is 1. The molecule has 4 atom stereocenters. The first-order valence-electron chi connectivity index (χ1n) is 4.89. The smallest absolute Gasteiger partial charge is 0.139 e. The molecule has 0 heterocycles. The van der Waals surface area contributed by atoms with Crippen molar-refractivity contribution in [3.05, 3.63) is 0 Å². The first-order chi connectivity index (χ1) is 5.66. The van der Waals surface area contributed by atoms with Crippen LogP contribution in [-0.2, 0) is 4.79 Å². The lowest BCUT2D eigenvalue weighted by molar-refractivity contribution is -0.137. The minimum atomic E-state index is 0.466. The molecule has 0 aromatic heterocycles. The quantitative estimate of drug-likeness (QED) is 0.491. The molecular weight excluding hydrogens is 263 g/mol. The Balaban J connectivity index is 2.00. The van der Waals surface area contributed by atoms with Crippen LogP contribution in [0.25, 0.3) is 0 Å². The van der Waals surface area contributed by atoms with Crippen LogP contribution in [0.4, 0.5) is 0 Å². The highest BCUT2D eigenvalue weighted by Gasteiger charge is 2.53. The van der Waals surface area contributed by atoms with Crippen molar-refractivity contribution in [3.63, 3.8) is 0 Å². The molecule has 4 aliphatic rings. The van der Waals surface area contributed by atoms with Gasteiger partial charge in [0.05, 0.1) is 0 Å². The summed E-state index contributed by atoms with van der Waals surface area (Å²) in [6.45, 7) is 0. The lowest BCUT2D eigenvalue weighted by atomic mass is 9.56. The largest absolute Gasteiger partial charge is 0.299 e. The Labute approximate surface area is 86.4 Å². The van der Waals surface area contributed by atoms with Crippen molar-refractivity contribution in [2.45, 2.75) is 35.5 Å². The molecule has 66 valence electrons. The molecule has 0 N–H and O–H groups in total. The summed E-state index contributed by atoms with van der Waals surface area (Å²) in [5.41, 5.74) is 0. The van der Waals surface area contributed by atoms with Crippen LogP contribution in [0.15, 0.2) is 0 Å². The maximum Gasteiger partial charge on any atom is 0.139 e. The van der Waals surface area contributed by atoms with Crippen molar-refractivity contribution in [3.8, 4) is 0 Å². The van der Waals surface area contributed by atoms with E-state index < -0.39 is 0 Å². The molecule has 4 aliphatic carbocycles. The highest BCUT2D eigenvalue weighted by molar-refractivity contribution is 14.1. The van der Waals surface area contributed by atoms with Crippen LogP contribution in [0.5, 0.6) is 0 Å². The van der Waals surface area contributed by atoms with Gasteiger partial charge in [0.1, 0.15) is 5.78 Å². The molecule has 0 saturated heterocycles. The van der Waals surface area contributed by atoms with E-state index in [0.29, 0.717) is 21.0 Å². The van der Waals surface area contributed by atoms with Crippen LogP contribution < -0.4 is 0 Å².